The van der Waals surface area contributed by atoms with Crippen molar-refractivity contribution < 1.29 is 9.53 Å². The van der Waals surface area contributed by atoms with E-state index in [1.807, 2.05) is 18.2 Å². The lowest BCUT2D eigenvalue weighted by Crippen LogP contribution is -2.40. The van der Waals surface area contributed by atoms with Gasteiger partial charge in [-0.2, -0.15) is 0 Å². The second-order valence-corrected chi connectivity index (χ2v) is 4.14. The normalized spacial score (nSPS) is 25.1. The number of benzene rings is 1. The maximum absolute atomic E-state index is 11.7. The van der Waals surface area contributed by atoms with Crippen LogP contribution >= 0.6 is 0 Å². The van der Waals surface area contributed by atoms with E-state index in [4.69, 9.17) is 4.74 Å². The Morgan fingerprint density at radius 3 is 2.81 bits per heavy atom. The number of ether oxygens (including phenoxy) is 1. The predicted octanol–water partition coefficient (Wildman–Crippen LogP) is 1.55. The molecule has 16 heavy (non-hydrogen) atoms. The molecule has 1 N–H and O–H groups in total. The summed E-state index contributed by atoms with van der Waals surface area (Å²) in [4.78, 5) is 11.7. The van der Waals surface area contributed by atoms with E-state index in [2.05, 4.69) is 17.4 Å². The zero-order valence-electron chi connectivity index (χ0n) is 9.48. The molecule has 2 rings (SSSR count). The molecule has 0 aromatic heterocycles. The Balaban J connectivity index is 2.20. The van der Waals surface area contributed by atoms with E-state index in [-0.39, 0.29) is 17.8 Å². The van der Waals surface area contributed by atoms with Gasteiger partial charge in [-0.15, -0.1) is 0 Å². The Morgan fingerprint density at radius 2 is 2.12 bits per heavy atom. The van der Waals surface area contributed by atoms with Gasteiger partial charge in [-0.05, 0) is 24.4 Å². The van der Waals surface area contributed by atoms with Crippen LogP contribution in [-0.2, 0) is 9.53 Å². The maximum atomic E-state index is 11.7. The molecular formula is C13H17NO2. The number of methoxy groups -OCH3 is 1. The highest BCUT2D eigenvalue weighted by molar-refractivity contribution is 5.74. The summed E-state index contributed by atoms with van der Waals surface area (Å²) in [5.41, 5.74) is 1.24. The third-order valence-corrected chi connectivity index (χ3v) is 3.21. The fraction of sp³-hybridized carbons (Fsp3) is 0.462. The molecule has 3 heteroatoms. The predicted molar refractivity (Wildman–Crippen MR) is 62.2 cm³/mol. The number of carbonyl (C=O) groups is 1. The van der Waals surface area contributed by atoms with Crippen molar-refractivity contribution in [1.82, 2.24) is 5.32 Å². The molecule has 1 saturated heterocycles. The van der Waals surface area contributed by atoms with Crippen LogP contribution in [0.1, 0.15) is 17.9 Å². The Morgan fingerprint density at radius 1 is 1.38 bits per heavy atom. The first-order valence-corrected chi connectivity index (χ1v) is 5.66. The monoisotopic (exact) mass is 219 g/mol. The average Bonchev–Trinajstić information content (AvgIpc) is 2.39. The van der Waals surface area contributed by atoms with E-state index in [0.29, 0.717) is 6.54 Å². The van der Waals surface area contributed by atoms with Gasteiger partial charge in [0.1, 0.15) is 0 Å². The van der Waals surface area contributed by atoms with Gasteiger partial charge in [-0.25, -0.2) is 0 Å². The van der Waals surface area contributed by atoms with Crippen LogP contribution in [0.4, 0.5) is 0 Å². The molecule has 0 saturated carbocycles. The molecule has 0 amide bonds. The maximum Gasteiger partial charge on any atom is 0.310 e. The highest BCUT2D eigenvalue weighted by Crippen LogP contribution is 2.30. The standard InChI is InChI=1S/C13H17NO2/c1-16-13(15)12-9-14-8-7-11(12)10-5-3-2-4-6-10/h2-6,11-12,14H,7-9H2,1H3/t11-,12+/m1/s1. The van der Waals surface area contributed by atoms with Crippen molar-refractivity contribution in [2.75, 3.05) is 20.2 Å². The minimum Gasteiger partial charge on any atom is -0.469 e. The SMILES string of the molecule is COC(=O)[C@H]1CNCC[C@@H]1c1ccccc1. The number of nitrogens with one attached hydrogen (secondary N) is 1. The second-order valence-electron chi connectivity index (χ2n) is 4.14. The molecule has 86 valence electrons. The zero-order chi connectivity index (χ0) is 11.4. The second kappa shape index (κ2) is 5.12. The third-order valence-electron chi connectivity index (χ3n) is 3.21. The van der Waals surface area contributed by atoms with Crippen molar-refractivity contribution in [3.05, 3.63) is 35.9 Å². The number of piperidine rings is 1. The van der Waals surface area contributed by atoms with Gasteiger partial charge in [0.25, 0.3) is 0 Å². The lowest BCUT2D eigenvalue weighted by atomic mass is 9.81. The van der Waals surface area contributed by atoms with Gasteiger partial charge >= 0.3 is 5.97 Å². The number of rotatable bonds is 2. The average molecular weight is 219 g/mol. The number of carbonyl (C=O) groups excluding carboxylic acids is 1. The summed E-state index contributed by atoms with van der Waals surface area (Å²) in [6.45, 7) is 1.68. The highest BCUT2D eigenvalue weighted by Gasteiger charge is 2.32. The lowest BCUT2D eigenvalue weighted by Gasteiger charge is -2.30. The van der Waals surface area contributed by atoms with Gasteiger partial charge in [0.2, 0.25) is 0 Å². The van der Waals surface area contributed by atoms with Gasteiger partial charge in [0, 0.05) is 6.54 Å². The van der Waals surface area contributed by atoms with Crippen molar-refractivity contribution in [3.63, 3.8) is 0 Å². The quantitative estimate of drug-likeness (QED) is 0.767. The molecule has 1 aliphatic heterocycles. The molecular weight excluding hydrogens is 202 g/mol. The Kier molecular flexibility index (Phi) is 3.57. The Bertz CT molecular complexity index is 350. The first kappa shape index (κ1) is 11.1. The van der Waals surface area contributed by atoms with Crippen LogP contribution < -0.4 is 5.32 Å². The lowest BCUT2D eigenvalue weighted by molar-refractivity contribution is -0.146. The van der Waals surface area contributed by atoms with Gasteiger partial charge in [0.15, 0.2) is 0 Å². The topological polar surface area (TPSA) is 38.3 Å². The van der Waals surface area contributed by atoms with Crippen LogP contribution in [0.5, 0.6) is 0 Å². The minimum absolute atomic E-state index is 0.0545. The highest BCUT2D eigenvalue weighted by atomic mass is 16.5. The van der Waals surface area contributed by atoms with E-state index < -0.39 is 0 Å². The molecule has 1 aromatic rings. The smallest absolute Gasteiger partial charge is 0.310 e. The molecule has 0 bridgehead atoms. The summed E-state index contributed by atoms with van der Waals surface area (Å²) in [6, 6.07) is 10.2. The molecule has 3 nitrogen and oxygen atoms in total. The number of hydrogen-bond acceptors (Lipinski definition) is 3. The van der Waals surface area contributed by atoms with E-state index in [1.54, 1.807) is 0 Å². The largest absolute Gasteiger partial charge is 0.469 e. The first-order chi connectivity index (χ1) is 7.83. The summed E-state index contributed by atoms with van der Waals surface area (Å²) in [5, 5.41) is 3.25. The van der Waals surface area contributed by atoms with E-state index >= 15 is 0 Å². The fourth-order valence-electron chi connectivity index (χ4n) is 2.36. The Hall–Kier alpha value is -1.35. The van der Waals surface area contributed by atoms with E-state index in [9.17, 15) is 4.79 Å². The van der Waals surface area contributed by atoms with Gasteiger partial charge in [-0.1, -0.05) is 30.3 Å². The van der Waals surface area contributed by atoms with Gasteiger partial charge in [-0.3, -0.25) is 4.79 Å². The molecule has 0 aliphatic carbocycles. The molecule has 1 aliphatic rings. The van der Waals surface area contributed by atoms with Crippen molar-refractivity contribution >= 4 is 5.97 Å². The summed E-state index contributed by atoms with van der Waals surface area (Å²) < 4.78 is 4.86. The van der Waals surface area contributed by atoms with Gasteiger partial charge < -0.3 is 10.1 Å². The van der Waals surface area contributed by atoms with Gasteiger partial charge in [0.05, 0.1) is 13.0 Å². The zero-order valence-corrected chi connectivity index (χ0v) is 9.48. The van der Waals surface area contributed by atoms with E-state index in [0.717, 1.165) is 13.0 Å². The molecule has 1 heterocycles. The molecule has 0 radical (unpaired) electrons. The fourth-order valence-corrected chi connectivity index (χ4v) is 2.36. The molecule has 1 fully saturated rings. The van der Waals surface area contributed by atoms with Crippen molar-refractivity contribution in [2.24, 2.45) is 5.92 Å². The van der Waals surface area contributed by atoms with Crippen LogP contribution in [0.25, 0.3) is 0 Å². The van der Waals surface area contributed by atoms with Crippen molar-refractivity contribution in [1.29, 1.82) is 0 Å². The van der Waals surface area contributed by atoms with Crippen LogP contribution in [-0.4, -0.2) is 26.2 Å². The first-order valence-electron chi connectivity index (χ1n) is 5.66. The van der Waals surface area contributed by atoms with E-state index in [1.165, 1.54) is 12.7 Å². The summed E-state index contributed by atoms with van der Waals surface area (Å²) in [7, 11) is 1.46. The van der Waals surface area contributed by atoms with Crippen molar-refractivity contribution in [3.8, 4) is 0 Å². The number of esters is 1. The summed E-state index contributed by atoms with van der Waals surface area (Å²) in [5.74, 6) is 0.122. The van der Waals surface area contributed by atoms with Crippen LogP contribution in [0.3, 0.4) is 0 Å². The molecule has 0 spiro atoms. The molecule has 1 aromatic carbocycles. The van der Waals surface area contributed by atoms with Crippen LogP contribution in [0.2, 0.25) is 0 Å². The molecule has 0 unspecified atom stereocenters. The summed E-state index contributed by atoms with van der Waals surface area (Å²) in [6.07, 6.45) is 0.990. The van der Waals surface area contributed by atoms with Crippen LogP contribution in [0, 0.1) is 5.92 Å². The summed E-state index contributed by atoms with van der Waals surface area (Å²) >= 11 is 0. The van der Waals surface area contributed by atoms with Crippen LogP contribution in [0.15, 0.2) is 30.3 Å². The third kappa shape index (κ3) is 2.25. The number of hydrogen-bond donors (Lipinski definition) is 1. The van der Waals surface area contributed by atoms with Crippen molar-refractivity contribution in [2.45, 2.75) is 12.3 Å². The molecule has 2 atom stereocenters. The Labute approximate surface area is 95.8 Å². The minimum atomic E-state index is -0.110.